The van der Waals surface area contributed by atoms with Crippen LogP contribution in [0.25, 0.3) is 0 Å². The number of carbonyl (C=O) groups excluding carboxylic acids is 1. The molecular weight excluding hydrogens is 322 g/mol. The van der Waals surface area contributed by atoms with Crippen molar-refractivity contribution in [2.75, 3.05) is 20.2 Å². The molecule has 0 radical (unpaired) electrons. The number of esters is 1. The molecule has 0 spiro atoms. The molecule has 26 heavy (non-hydrogen) atoms. The average Bonchev–Trinajstić information content (AvgIpc) is 2.62. The molecule has 1 atom stereocenters. The maximum atomic E-state index is 12.3. The van der Waals surface area contributed by atoms with Crippen molar-refractivity contribution in [3.05, 3.63) is 71.3 Å². The molecule has 3 heteroatoms. The van der Waals surface area contributed by atoms with Crippen molar-refractivity contribution in [3.63, 3.8) is 0 Å². The van der Waals surface area contributed by atoms with Crippen LogP contribution in [-0.2, 0) is 22.5 Å². The summed E-state index contributed by atoms with van der Waals surface area (Å²) < 4.78 is 5.48. The molecule has 0 aliphatic heterocycles. The fraction of sp³-hybridized carbons (Fsp3) is 0.435. The molecule has 0 N–H and O–H groups in total. The minimum atomic E-state index is -0.234. The van der Waals surface area contributed by atoms with Crippen LogP contribution in [0, 0.1) is 5.92 Å². The fourth-order valence-corrected chi connectivity index (χ4v) is 2.95. The second kappa shape index (κ2) is 10.1. The number of ether oxygens (including phenoxy) is 1. The topological polar surface area (TPSA) is 29.5 Å². The van der Waals surface area contributed by atoms with Gasteiger partial charge in [0.15, 0.2) is 0 Å². The standard InChI is InChI=1S/C23H31NO2/c1-18(2)16-20-10-12-22(13-11-20)19(3)23(25)26-15-14-24(4)17-21-8-6-5-7-9-21/h5-13,18-19H,14-17H2,1-4H3. The molecule has 0 saturated carbocycles. The van der Waals surface area contributed by atoms with Crippen molar-refractivity contribution in [2.24, 2.45) is 5.92 Å². The quantitative estimate of drug-likeness (QED) is 0.614. The Kier molecular flexibility index (Phi) is 7.86. The van der Waals surface area contributed by atoms with Crippen LogP contribution >= 0.6 is 0 Å². The van der Waals surface area contributed by atoms with Gasteiger partial charge in [0.1, 0.15) is 6.61 Å². The minimum Gasteiger partial charge on any atom is -0.464 e. The van der Waals surface area contributed by atoms with E-state index in [0.717, 1.165) is 25.1 Å². The van der Waals surface area contributed by atoms with E-state index in [4.69, 9.17) is 4.74 Å². The van der Waals surface area contributed by atoms with Crippen molar-refractivity contribution in [1.82, 2.24) is 4.90 Å². The second-order valence-electron chi connectivity index (χ2n) is 7.45. The summed E-state index contributed by atoms with van der Waals surface area (Å²) >= 11 is 0. The molecule has 2 aromatic carbocycles. The molecule has 140 valence electrons. The number of hydrogen-bond acceptors (Lipinski definition) is 3. The van der Waals surface area contributed by atoms with E-state index in [1.54, 1.807) is 0 Å². The highest BCUT2D eigenvalue weighted by Crippen LogP contribution is 2.19. The highest BCUT2D eigenvalue weighted by Gasteiger charge is 2.17. The van der Waals surface area contributed by atoms with Crippen molar-refractivity contribution >= 4 is 5.97 Å². The van der Waals surface area contributed by atoms with E-state index in [1.807, 2.05) is 44.3 Å². The normalized spacial score (nSPS) is 12.4. The molecule has 3 nitrogen and oxygen atoms in total. The van der Waals surface area contributed by atoms with Gasteiger partial charge in [-0.25, -0.2) is 0 Å². The predicted octanol–water partition coefficient (Wildman–Crippen LogP) is 4.66. The lowest BCUT2D eigenvalue weighted by Gasteiger charge is -2.18. The molecular formula is C23H31NO2. The zero-order valence-corrected chi connectivity index (χ0v) is 16.4. The molecule has 0 bridgehead atoms. The lowest BCUT2D eigenvalue weighted by molar-refractivity contribution is -0.145. The fourth-order valence-electron chi connectivity index (χ4n) is 2.95. The Morgan fingerprint density at radius 1 is 0.962 bits per heavy atom. The Bertz CT molecular complexity index is 664. The molecule has 0 heterocycles. The Morgan fingerprint density at radius 3 is 2.23 bits per heavy atom. The first-order valence-electron chi connectivity index (χ1n) is 9.43. The summed E-state index contributed by atoms with van der Waals surface area (Å²) in [4.78, 5) is 14.5. The average molecular weight is 354 g/mol. The number of nitrogens with zero attached hydrogens (tertiary/aromatic N) is 1. The summed E-state index contributed by atoms with van der Waals surface area (Å²) in [6, 6.07) is 18.6. The lowest BCUT2D eigenvalue weighted by Crippen LogP contribution is -2.25. The molecule has 0 aliphatic rings. The van der Waals surface area contributed by atoms with Crippen LogP contribution < -0.4 is 0 Å². The highest BCUT2D eigenvalue weighted by molar-refractivity contribution is 5.77. The monoisotopic (exact) mass is 353 g/mol. The van der Waals surface area contributed by atoms with E-state index < -0.39 is 0 Å². The summed E-state index contributed by atoms with van der Waals surface area (Å²) in [6.07, 6.45) is 1.06. The van der Waals surface area contributed by atoms with Gasteiger partial charge in [-0.1, -0.05) is 68.4 Å². The second-order valence-corrected chi connectivity index (χ2v) is 7.45. The SMILES string of the molecule is CC(C)Cc1ccc(C(C)C(=O)OCCN(C)Cc2ccccc2)cc1. The number of benzene rings is 2. The van der Waals surface area contributed by atoms with E-state index in [1.165, 1.54) is 11.1 Å². The zero-order chi connectivity index (χ0) is 18.9. The van der Waals surface area contributed by atoms with Crippen LogP contribution in [0.3, 0.4) is 0 Å². The first-order valence-corrected chi connectivity index (χ1v) is 9.43. The van der Waals surface area contributed by atoms with E-state index >= 15 is 0 Å². The highest BCUT2D eigenvalue weighted by atomic mass is 16.5. The first kappa shape index (κ1) is 20.2. The summed E-state index contributed by atoms with van der Waals surface area (Å²) in [5, 5.41) is 0. The predicted molar refractivity (Wildman–Crippen MR) is 107 cm³/mol. The van der Waals surface area contributed by atoms with Gasteiger partial charge in [0.25, 0.3) is 0 Å². The molecule has 0 fully saturated rings. The van der Waals surface area contributed by atoms with Gasteiger partial charge >= 0.3 is 5.97 Å². The van der Waals surface area contributed by atoms with Gasteiger partial charge in [0.05, 0.1) is 5.92 Å². The van der Waals surface area contributed by atoms with Crippen LogP contribution in [0.1, 0.15) is 43.4 Å². The van der Waals surface area contributed by atoms with Crippen molar-refractivity contribution in [2.45, 2.75) is 39.7 Å². The number of rotatable bonds is 9. The van der Waals surface area contributed by atoms with Gasteiger partial charge in [-0.2, -0.15) is 0 Å². The van der Waals surface area contributed by atoms with Crippen LogP contribution in [0.5, 0.6) is 0 Å². The summed E-state index contributed by atoms with van der Waals surface area (Å²) in [5.41, 5.74) is 3.59. The van der Waals surface area contributed by atoms with E-state index in [9.17, 15) is 4.79 Å². The third kappa shape index (κ3) is 6.64. The summed E-state index contributed by atoms with van der Waals surface area (Å²) in [5.74, 6) is 0.244. The largest absolute Gasteiger partial charge is 0.464 e. The van der Waals surface area contributed by atoms with Gasteiger partial charge in [-0.15, -0.1) is 0 Å². The number of carbonyl (C=O) groups is 1. The zero-order valence-electron chi connectivity index (χ0n) is 16.4. The van der Waals surface area contributed by atoms with Gasteiger partial charge < -0.3 is 4.74 Å². The number of likely N-dealkylation sites (N-methyl/N-ethyl adjacent to an activating group) is 1. The van der Waals surface area contributed by atoms with Crippen LogP contribution in [0.15, 0.2) is 54.6 Å². The molecule has 0 aliphatic carbocycles. The van der Waals surface area contributed by atoms with Crippen LogP contribution in [0.4, 0.5) is 0 Å². The molecule has 2 rings (SSSR count). The van der Waals surface area contributed by atoms with Gasteiger partial charge in [-0.05, 0) is 43.0 Å². The van der Waals surface area contributed by atoms with Crippen LogP contribution in [-0.4, -0.2) is 31.1 Å². The molecule has 0 saturated heterocycles. The maximum Gasteiger partial charge on any atom is 0.313 e. The van der Waals surface area contributed by atoms with Crippen molar-refractivity contribution < 1.29 is 9.53 Å². The Morgan fingerprint density at radius 2 is 1.62 bits per heavy atom. The third-order valence-corrected chi connectivity index (χ3v) is 4.49. The van der Waals surface area contributed by atoms with Crippen molar-refractivity contribution in [3.8, 4) is 0 Å². The molecule has 0 aromatic heterocycles. The van der Waals surface area contributed by atoms with Gasteiger partial charge in [-0.3, -0.25) is 9.69 Å². The smallest absolute Gasteiger partial charge is 0.313 e. The first-order chi connectivity index (χ1) is 12.5. The minimum absolute atomic E-state index is 0.158. The van der Waals surface area contributed by atoms with E-state index in [-0.39, 0.29) is 11.9 Å². The van der Waals surface area contributed by atoms with E-state index in [0.29, 0.717) is 12.5 Å². The maximum absolute atomic E-state index is 12.3. The summed E-state index contributed by atoms with van der Waals surface area (Å²) in [7, 11) is 2.04. The number of hydrogen-bond donors (Lipinski definition) is 0. The van der Waals surface area contributed by atoms with E-state index in [2.05, 4.69) is 43.0 Å². The Hall–Kier alpha value is -2.13. The molecule has 2 aromatic rings. The van der Waals surface area contributed by atoms with Crippen molar-refractivity contribution in [1.29, 1.82) is 0 Å². The lowest BCUT2D eigenvalue weighted by atomic mass is 9.97. The summed E-state index contributed by atoms with van der Waals surface area (Å²) in [6.45, 7) is 8.32. The van der Waals surface area contributed by atoms with Gasteiger partial charge in [0, 0.05) is 13.1 Å². The van der Waals surface area contributed by atoms with Crippen LogP contribution in [0.2, 0.25) is 0 Å². The Labute approximate surface area is 158 Å². The van der Waals surface area contributed by atoms with Gasteiger partial charge in [0.2, 0.25) is 0 Å². The third-order valence-electron chi connectivity index (χ3n) is 4.49. The molecule has 1 unspecified atom stereocenters. The Balaban J connectivity index is 1.76. The molecule has 0 amide bonds.